The van der Waals surface area contributed by atoms with Crippen LogP contribution in [0.5, 0.6) is 0 Å². The minimum absolute atomic E-state index is 0.129. The Morgan fingerprint density at radius 1 is 1.28 bits per heavy atom. The summed E-state index contributed by atoms with van der Waals surface area (Å²) in [4.78, 5) is 11.5. The summed E-state index contributed by atoms with van der Waals surface area (Å²) in [5.74, 6) is 0.616. The molecule has 0 spiro atoms. The molecule has 0 unspecified atom stereocenters. The Balaban J connectivity index is 1.88. The van der Waals surface area contributed by atoms with Gasteiger partial charge in [-0.3, -0.25) is 5.32 Å². The molecular formula is C14H15NO3. The van der Waals surface area contributed by atoms with E-state index in [4.69, 9.17) is 9.15 Å². The minimum atomic E-state index is -0.491. The topological polar surface area (TPSA) is 51.5 Å². The molecule has 0 bridgehead atoms. The number of hydrogen-bond donors (Lipinski definition) is 1. The Morgan fingerprint density at radius 3 is 2.78 bits per heavy atom. The number of nitrogens with one attached hydrogen (secondary N) is 1. The molecule has 0 fully saturated rings. The molecule has 0 aliphatic heterocycles. The van der Waals surface area contributed by atoms with Crippen LogP contribution >= 0.6 is 0 Å². The van der Waals surface area contributed by atoms with Gasteiger partial charge in [0.15, 0.2) is 6.61 Å². The van der Waals surface area contributed by atoms with Crippen molar-refractivity contribution in [2.75, 3.05) is 5.32 Å². The normalized spacial score (nSPS) is 10.1. The van der Waals surface area contributed by atoms with Gasteiger partial charge < -0.3 is 9.15 Å². The van der Waals surface area contributed by atoms with Crippen molar-refractivity contribution in [3.8, 4) is 0 Å². The lowest BCUT2D eigenvalue weighted by Crippen LogP contribution is -2.13. The van der Waals surface area contributed by atoms with E-state index in [1.54, 1.807) is 18.4 Å². The van der Waals surface area contributed by atoms with Gasteiger partial charge in [0.1, 0.15) is 5.76 Å². The van der Waals surface area contributed by atoms with Crippen molar-refractivity contribution < 1.29 is 13.9 Å². The molecule has 0 saturated heterocycles. The Labute approximate surface area is 106 Å². The molecule has 2 rings (SSSR count). The van der Waals surface area contributed by atoms with Crippen molar-refractivity contribution in [1.29, 1.82) is 0 Å². The minimum Gasteiger partial charge on any atom is -0.466 e. The van der Waals surface area contributed by atoms with Crippen LogP contribution in [0.3, 0.4) is 0 Å². The van der Waals surface area contributed by atoms with E-state index >= 15 is 0 Å². The van der Waals surface area contributed by atoms with Crippen molar-refractivity contribution in [1.82, 2.24) is 0 Å². The molecule has 4 heteroatoms. The summed E-state index contributed by atoms with van der Waals surface area (Å²) in [6.45, 7) is 4.15. The number of hydrogen-bond acceptors (Lipinski definition) is 3. The first-order chi connectivity index (χ1) is 8.65. The van der Waals surface area contributed by atoms with Crippen molar-refractivity contribution in [2.24, 2.45) is 0 Å². The van der Waals surface area contributed by atoms with E-state index in [-0.39, 0.29) is 6.61 Å². The fourth-order valence-corrected chi connectivity index (χ4v) is 1.50. The van der Waals surface area contributed by atoms with Gasteiger partial charge >= 0.3 is 6.09 Å². The molecule has 94 valence electrons. The highest BCUT2D eigenvalue weighted by molar-refractivity contribution is 5.84. The monoisotopic (exact) mass is 245 g/mol. The Bertz CT molecular complexity index is 532. The number of aryl methyl sites for hydroxylation is 2. The average Bonchev–Trinajstić information content (AvgIpc) is 2.84. The fourth-order valence-electron chi connectivity index (χ4n) is 1.50. The van der Waals surface area contributed by atoms with Gasteiger partial charge in [-0.2, -0.15) is 0 Å². The van der Waals surface area contributed by atoms with Gasteiger partial charge in [0.05, 0.1) is 6.26 Å². The van der Waals surface area contributed by atoms with Crippen molar-refractivity contribution in [3.05, 3.63) is 53.5 Å². The van der Waals surface area contributed by atoms with E-state index in [0.29, 0.717) is 5.76 Å². The summed E-state index contributed by atoms with van der Waals surface area (Å²) in [6, 6.07) is 9.21. The van der Waals surface area contributed by atoms with Crippen molar-refractivity contribution >= 4 is 11.8 Å². The molecule has 1 aromatic carbocycles. The van der Waals surface area contributed by atoms with Crippen LogP contribution in [0.2, 0.25) is 0 Å². The molecule has 0 atom stereocenters. The largest absolute Gasteiger partial charge is 0.466 e. The summed E-state index contributed by atoms with van der Waals surface area (Å²) < 4.78 is 10.1. The van der Waals surface area contributed by atoms with E-state index in [1.807, 2.05) is 32.0 Å². The van der Waals surface area contributed by atoms with Crippen LogP contribution in [0, 0.1) is 13.8 Å². The van der Waals surface area contributed by atoms with Crippen LogP contribution in [0.4, 0.5) is 10.5 Å². The molecule has 0 aliphatic carbocycles. The number of rotatable bonds is 3. The van der Waals surface area contributed by atoms with Gasteiger partial charge in [0, 0.05) is 5.69 Å². The van der Waals surface area contributed by atoms with Crippen molar-refractivity contribution in [3.63, 3.8) is 0 Å². The van der Waals surface area contributed by atoms with Crippen LogP contribution in [0.15, 0.2) is 41.0 Å². The molecule has 0 saturated carbocycles. The van der Waals surface area contributed by atoms with E-state index in [9.17, 15) is 4.79 Å². The van der Waals surface area contributed by atoms with Crippen LogP contribution in [0.1, 0.15) is 16.9 Å². The van der Waals surface area contributed by atoms with Gasteiger partial charge in [0.2, 0.25) is 0 Å². The highest BCUT2D eigenvalue weighted by atomic mass is 16.6. The van der Waals surface area contributed by atoms with Crippen LogP contribution < -0.4 is 5.32 Å². The van der Waals surface area contributed by atoms with Crippen molar-refractivity contribution in [2.45, 2.75) is 20.5 Å². The molecule has 0 radical (unpaired) electrons. The third kappa shape index (κ3) is 3.13. The van der Waals surface area contributed by atoms with Crippen LogP contribution in [-0.2, 0) is 11.3 Å². The third-order valence-electron chi connectivity index (χ3n) is 2.68. The zero-order valence-electron chi connectivity index (χ0n) is 10.4. The first-order valence-electron chi connectivity index (χ1n) is 5.68. The molecule has 1 heterocycles. The standard InChI is InChI=1S/C14H15NO3/c1-10-5-6-12(8-11(10)2)15-14(16)18-9-13-4-3-7-17-13/h3-8H,9H2,1-2H3,(H,15,16). The van der Waals surface area contributed by atoms with E-state index in [2.05, 4.69) is 5.32 Å². The Kier molecular flexibility index (Phi) is 3.67. The lowest BCUT2D eigenvalue weighted by molar-refractivity contribution is 0.146. The molecular weight excluding hydrogens is 230 g/mol. The number of amides is 1. The highest BCUT2D eigenvalue weighted by Crippen LogP contribution is 2.14. The fraction of sp³-hybridized carbons (Fsp3) is 0.214. The quantitative estimate of drug-likeness (QED) is 0.898. The molecule has 1 amide bonds. The smallest absolute Gasteiger partial charge is 0.412 e. The maximum absolute atomic E-state index is 11.5. The highest BCUT2D eigenvalue weighted by Gasteiger charge is 2.05. The number of anilines is 1. The zero-order chi connectivity index (χ0) is 13.0. The molecule has 2 aromatic rings. The predicted molar refractivity (Wildman–Crippen MR) is 68.4 cm³/mol. The number of carbonyl (C=O) groups excluding carboxylic acids is 1. The van der Waals surface area contributed by atoms with Gasteiger partial charge in [-0.15, -0.1) is 0 Å². The zero-order valence-corrected chi connectivity index (χ0v) is 10.4. The molecule has 1 aromatic heterocycles. The first kappa shape index (κ1) is 12.2. The second-order valence-corrected chi connectivity index (χ2v) is 4.08. The third-order valence-corrected chi connectivity index (χ3v) is 2.68. The lowest BCUT2D eigenvalue weighted by atomic mass is 10.1. The van der Waals surface area contributed by atoms with E-state index in [0.717, 1.165) is 11.3 Å². The molecule has 0 aliphatic rings. The molecule has 18 heavy (non-hydrogen) atoms. The predicted octanol–water partition coefficient (Wildman–Crippen LogP) is 3.65. The summed E-state index contributed by atoms with van der Waals surface area (Å²) in [5.41, 5.74) is 3.03. The first-order valence-corrected chi connectivity index (χ1v) is 5.68. The molecule has 4 nitrogen and oxygen atoms in total. The van der Waals surface area contributed by atoms with Gasteiger partial charge in [-0.25, -0.2) is 4.79 Å². The number of carbonyl (C=O) groups is 1. The average molecular weight is 245 g/mol. The summed E-state index contributed by atoms with van der Waals surface area (Å²) in [7, 11) is 0. The van der Waals surface area contributed by atoms with Gasteiger partial charge in [-0.1, -0.05) is 6.07 Å². The van der Waals surface area contributed by atoms with E-state index in [1.165, 1.54) is 5.56 Å². The maximum Gasteiger partial charge on any atom is 0.412 e. The summed E-state index contributed by atoms with van der Waals surface area (Å²) in [5, 5.41) is 2.67. The van der Waals surface area contributed by atoms with E-state index < -0.39 is 6.09 Å². The van der Waals surface area contributed by atoms with Gasteiger partial charge in [-0.05, 0) is 49.2 Å². The Hall–Kier alpha value is -2.23. The second-order valence-electron chi connectivity index (χ2n) is 4.08. The summed E-state index contributed by atoms with van der Waals surface area (Å²) >= 11 is 0. The second kappa shape index (κ2) is 5.40. The maximum atomic E-state index is 11.5. The van der Waals surface area contributed by atoms with Crippen LogP contribution in [-0.4, -0.2) is 6.09 Å². The SMILES string of the molecule is Cc1ccc(NC(=O)OCc2ccco2)cc1C. The number of furan rings is 1. The van der Waals surface area contributed by atoms with Gasteiger partial charge in [0.25, 0.3) is 0 Å². The lowest BCUT2D eigenvalue weighted by Gasteiger charge is -2.07. The summed E-state index contributed by atoms with van der Waals surface area (Å²) in [6.07, 6.45) is 1.05. The Morgan fingerprint density at radius 2 is 2.11 bits per heavy atom. The molecule has 1 N–H and O–H groups in total. The van der Waals surface area contributed by atoms with Crippen LogP contribution in [0.25, 0.3) is 0 Å². The number of benzene rings is 1. The number of ether oxygens (including phenoxy) is 1.